The van der Waals surface area contributed by atoms with E-state index in [0.717, 1.165) is 50.5 Å². The van der Waals surface area contributed by atoms with E-state index < -0.39 is 11.4 Å². The second kappa shape index (κ2) is 6.74. The zero-order valence-corrected chi connectivity index (χ0v) is 18.8. The van der Waals surface area contributed by atoms with E-state index in [0.29, 0.717) is 23.8 Å². The molecule has 0 amide bonds. The summed E-state index contributed by atoms with van der Waals surface area (Å²) in [6, 6.07) is 0. The van der Waals surface area contributed by atoms with E-state index in [-0.39, 0.29) is 23.1 Å². The molecule has 5 aliphatic rings. The molecule has 4 aliphatic carbocycles. The lowest BCUT2D eigenvalue weighted by Gasteiger charge is -2.50. The van der Waals surface area contributed by atoms with Crippen LogP contribution in [-0.4, -0.2) is 28.6 Å². The fraction of sp³-hybridized carbons (Fsp3) is 0.692. The van der Waals surface area contributed by atoms with Gasteiger partial charge in [0.1, 0.15) is 5.60 Å². The Balaban J connectivity index is 1.60. The van der Waals surface area contributed by atoms with Crippen molar-refractivity contribution in [3.8, 4) is 0 Å². The maximum atomic E-state index is 13.1. The summed E-state index contributed by atoms with van der Waals surface area (Å²) >= 11 is 0. The lowest BCUT2D eigenvalue weighted by Crippen LogP contribution is -2.52. The molecule has 1 saturated heterocycles. The first-order valence-electron chi connectivity index (χ1n) is 11.8. The highest BCUT2D eigenvalue weighted by atomic mass is 16.7. The number of allylic oxidation sites excluding steroid dienone is 4. The number of carbonyl (C=O) groups excluding carboxylic acids is 2. The highest BCUT2D eigenvalue weighted by Crippen LogP contribution is 2.59. The molecule has 5 atom stereocenters. The van der Waals surface area contributed by atoms with Gasteiger partial charge in [0.2, 0.25) is 0 Å². The molecule has 162 valence electrons. The van der Waals surface area contributed by atoms with E-state index in [1.807, 2.05) is 0 Å². The number of ketones is 2. The van der Waals surface area contributed by atoms with Crippen molar-refractivity contribution in [1.29, 1.82) is 0 Å². The third-order valence-electron chi connectivity index (χ3n) is 8.40. The Morgan fingerprint density at radius 2 is 1.90 bits per heavy atom. The molecule has 0 N–H and O–H groups in total. The normalized spacial score (nSPS) is 42.1. The number of fused-ring (bicyclic) bond motifs is 5. The van der Waals surface area contributed by atoms with Gasteiger partial charge >= 0.3 is 0 Å². The lowest BCUT2D eigenvalue weighted by atomic mass is 9.63. The number of carbonyl (C=O) groups is 2. The third kappa shape index (κ3) is 2.94. The summed E-state index contributed by atoms with van der Waals surface area (Å²) in [4.78, 5) is 25.1. The summed E-state index contributed by atoms with van der Waals surface area (Å²) in [6.07, 6.45) is 12.7. The van der Waals surface area contributed by atoms with E-state index >= 15 is 0 Å². The van der Waals surface area contributed by atoms with Crippen LogP contribution in [0.15, 0.2) is 34.9 Å². The van der Waals surface area contributed by atoms with Crippen molar-refractivity contribution in [2.45, 2.75) is 96.1 Å². The highest BCUT2D eigenvalue weighted by Gasteiger charge is 2.59. The van der Waals surface area contributed by atoms with Crippen LogP contribution in [0.5, 0.6) is 0 Å². The first kappa shape index (κ1) is 20.4. The van der Waals surface area contributed by atoms with Crippen LogP contribution in [0.4, 0.5) is 0 Å². The van der Waals surface area contributed by atoms with Crippen molar-refractivity contribution in [3.63, 3.8) is 0 Å². The average molecular weight is 411 g/mol. The standard InChI is InChI=1S/C26H34O4/c1-5-25(13-12-24(3,4)29-25)30-26-11-10-16(2)21(26)9-8-19-18-7-6-17(27)14-20(18)23(28)15-22(19)26/h8,14-16,18,21H,5-7,9-13H2,1-4H3/t16-,18?,21?,25-,26+/m0/s1. The van der Waals surface area contributed by atoms with Gasteiger partial charge in [-0.1, -0.05) is 19.9 Å². The summed E-state index contributed by atoms with van der Waals surface area (Å²) in [5.74, 6) is 0.454. The average Bonchev–Trinajstić information content (AvgIpc) is 3.19. The van der Waals surface area contributed by atoms with Crippen molar-refractivity contribution >= 4 is 11.6 Å². The maximum Gasteiger partial charge on any atom is 0.182 e. The molecule has 5 rings (SSSR count). The Bertz CT molecular complexity index is 891. The third-order valence-corrected chi connectivity index (χ3v) is 8.40. The molecule has 30 heavy (non-hydrogen) atoms. The molecular formula is C26H34O4. The van der Waals surface area contributed by atoms with Gasteiger partial charge in [0.05, 0.1) is 5.60 Å². The van der Waals surface area contributed by atoms with Crippen molar-refractivity contribution in [1.82, 2.24) is 0 Å². The first-order valence-corrected chi connectivity index (χ1v) is 11.8. The zero-order valence-electron chi connectivity index (χ0n) is 18.8. The van der Waals surface area contributed by atoms with E-state index in [2.05, 4.69) is 33.8 Å². The van der Waals surface area contributed by atoms with Crippen LogP contribution in [0.1, 0.15) is 79.1 Å². The topological polar surface area (TPSA) is 52.6 Å². The van der Waals surface area contributed by atoms with E-state index in [1.165, 1.54) is 5.57 Å². The molecule has 2 unspecified atom stereocenters. The second-order valence-corrected chi connectivity index (χ2v) is 10.7. The van der Waals surface area contributed by atoms with E-state index in [1.54, 1.807) is 12.2 Å². The van der Waals surface area contributed by atoms with Crippen LogP contribution in [0.25, 0.3) is 0 Å². The van der Waals surface area contributed by atoms with Gasteiger partial charge in [-0.15, -0.1) is 0 Å². The summed E-state index contributed by atoms with van der Waals surface area (Å²) in [7, 11) is 0. The van der Waals surface area contributed by atoms with Crippen LogP contribution in [0.3, 0.4) is 0 Å². The van der Waals surface area contributed by atoms with Crippen molar-refractivity contribution in [3.05, 3.63) is 34.9 Å². The molecule has 0 aromatic carbocycles. The summed E-state index contributed by atoms with van der Waals surface area (Å²) in [5, 5.41) is 0. The van der Waals surface area contributed by atoms with Crippen LogP contribution in [0.2, 0.25) is 0 Å². The molecule has 4 nitrogen and oxygen atoms in total. The Morgan fingerprint density at radius 1 is 1.10 bits per heavy atom. The number of hydrogen-bond donors (Lipinski definition) is 0. The smallest absolute Gasteiger partial charge is 0.182 e. The lowest BCUT2D eigenvalue weighted by molar-refractivity contribution is -0.294. The fourth-order valence-electron chi connectivity index (χ4n) is 6.76. The quantitative estimate of drug-likeness (QED) is 0.639. The summed E-state index contributed by atoms with van der Waals surface area (Å²) < 4.78 is 13.7. The molecular weight excluding hydrogens is 376 g/mol. The maximum absolute atomic E-state index is 13.1. The van der Waals surface area contributed by atoms with E-state index in [4.69, 9.17) is 9.47 Å². The molecule has 0 aromatic heterocycles. The number of rotatable bonds is 3. The van der Waals surface area contributed by atoms with Crippen LogP contribution >= 0.6 is 0 Å². The molecule has 2 fully saturated rings. The van der Waals surface area contributed by atoms with Gasteiger partial charge in [-0.25, -0.2) is 0 Å². The number of ether oxygens (including phenoxy) is 2. The minimum Gasteiger partial charge on any atom is -0.344 e. The Hall–Kier alpha value is -1.52. The molecule has 4 heteroatoms. The number of hydrogen-bond acceptors (Lipinski definition) is 4. The molecule has 1 aliphatic heterocycles. The second-order valence-electron chi connectivity index (χ2n) is 10.7. The predicted molar refractivity (Wildman–Crippen MR) is 115 cm³/mol. The van der Waals surface area contributed by atoms with Gasteiger partial charge in [-0.2, -0.15) is 0 Å². The monoisotopic (exact) mass is 410 g/mol. The van der Waals surface area contributed by atoms with Gasteiger partial charge in [0.25, 0.3) is 0 Å². The molecule has 1 saturated carbocycles. The van der Waals surface area contributed by atoms with Gasteiger partial charge in [-0.3, -0.25) is 9.59 Å². The summed E-state index contributed by atoms with van der Waals surface area (Å²) in [6.45, 7) is 8.76. The molecule has 0 bridgehead atoms. The van der Waals surface area contributed by atoms with Crippen LogP contribution in [0, 0.1) is 17.8 Å². The van der Waals surface area contributed by atoms with Gasteiger partial charge in [-0.05, 0) is 87.5 Å². The highest BCUT2D eigenvalue weighted by molar-refractivity contribution is 6.12. The molecule has 0 aromatic rings. The Kier molecular flexibility index (Phi) is 4.58. The molecule has 0 radical (unpaired) electrons. The van der Waals surface area contributed by atoms with Gasteiger partial charge in [0, 0.05) is 24.3 Å². The van der Waals surface area contributed by atoms with E-state index in [9.17, 15) is 9.59 Å². The Morgan fingerprint density at radius 3 is 2.60 bits per heavy atom. The van der Waals surface area contributed by atoms with Gasteiger partial charge in [0.15, 0.2) is 17.4 Å². The summed E-state index contributed by atoms with van der Waals surface area (Å²) in [5.41, 5.74) is 2.37. The largest absolute Gasteiger partial charge is 0.344 e. The SMILES string of the molecule is CC[C@]1(O[C@]23CC[C@H](C)C2CC=C2C3=CC(=O)C3=CC(=O)CCC32)CCC(C)(C)O1. The van der Waals surface area contributed by atoms with Crippen molar-refractivity contribution in [2.75, 3.05) is 0 Å². The van der Waals surface area contributed by atoms with Gasteiger partial charge < -0.3 is 9.47 Å². The minimum atomic E-state index is -0.587. The molecule has 0 spiro atoms. The zero-order chi connectivity index (χ0) is 21.3. The minimum absolute atomic E-state index is 0.00148. The Labute approximate surface area is 179 Å². The predicted octanol–water partition coefficient (Wildman–Crippen LogP) is 5.23. The van der Waals surface area contributed by atoms with Crippen molar-refractivity contribution < 1.29 is 19.1 Å². The van der Waals surface area contributed by atoms with Crippen LogP contribution in [-0.2, 0) is 19.1 Å². The fourth-order valence-corrected chi connectivity index (χ4v) is 6.76. The van der Waals surface area contributed by atoms with Crippen molar-refractivity contribution in [2.24, 2.45) is 17.8 Å². The molecule has 1 heterocycles. The van der Waals surface area contributed by atoms with Crippen LogP contribution < -0.4 is 0 Å². The first-order chi connectivity index (χ1) is 14.2.